The summed E-state index contributed by atoms with van der Waals surface area (Å²) >= 11 is 0. The highest BCUT2D eigenvalue weighted by atomic mass is 32.2. The summed E-state index contributed by atoms with van der Waals surface area (Å²) in [5.74, 6) is -0.644. The minimum atomic E-state index is -4.16. The number of hydrogen-bond acceptors (Lipinski definition) is 4. The van der Waals surface area contributed by atoms with Crippen molar-refractivity contribution in [2.24, 2.45) is 11.8 Å². The van der Waals surface area contributed by atoms with Gasteiger partial charge in [0.2, 0.25) is 0 Å². The monoisotopic (exact) mass is 396 g/mol. The van der Waals surface area contributed by atoms with E-state index in [1.165, 1.54) is 31.7 Å². The summed E-state index contributed by atoms with van der Waals surface area (Å²) in [6, 6.07) is 1.46. The summed E-state index contributed by atoms with van der Waals surface area (Å²) < 4.78 is 41.8. The molecule has 2 N–H and O–H groups in total. The molecule has 1 amide bonds. The molecule has 1 saturated heterocycles. The van der Waals surface area contributed by atoms with Gasteiger partial charge in [0.15, 0.2) is 5.82 Å². The molecule has 27 heavy (non-hydrogen) atoms. The number of carbonyl (C=O) groups excluding carboxylic acids is 1. The van der Waals surface area contributed by atoms with Crippen LogP contribution in [0.25, 0.3) is 0 Å². The molecule has 8 heteroatoms. The lowest BCUT2D eigenvalue weighted by molar-refractivity contribution is -0.117. The predicted molar refractivity (Wildman–Crippen MR) is 99.2 cm³/mol. The number of phenols is 1. The Morgan fingerprint density at radius 2 is 1.96 bits per heavy atom. The Balaban J connectivity index is 1.54. The van der Waals surface area contributed by atoms with Gasteiger partial charge in [0.1, 0.15) is 18.0 Å². The third-order valence-electron chi connectivity index (χ3n) is 6.25. The molecule has 0 aromatic heterocycles. The predicted octanol–water partition coefficient (Wildman–Crippen LogP) is 2.79. The Kier molecular flexibility index (Phi) is 4.78. The zero-order valence-corrected chi connectivity index (χ0v) is 16.0. The van der Waals surface area contributed by atoms with Gasteiger partial charge >= 0.3 is 10.2 Å². The average molecular weight is 396 g/mol. The molecule has 1 unspecified atom stereocenters. The van der Waals surface area contributed by atoms with Crippen LogP contribution in [0.2, 0.25) is 0 Å². The zero-order chi connectivity index (χ0) is 19.2. The summed E-state index contributed by atoms with van der Waals surface area (Å²) in [6.45, 7) is -0.517. The normalized spacial score (nSPS) is 24.4. The van der Waals surface area contributed by atoms with E-state index >= 15 is 4.39 Å². The van der Waals surface area contributed by atoms with Crippen molar-refractivity contribution in [2.75, 3.05) is 10.8 Å². The number of fused-ring (bicyclic) bond motifs is 1. The summed E-state index contributed by atoms with van der Waals surface area (Å²) in [6.07, 6.45) is 9.64. The maximum absolute atomic E-state index is 15.2. The SMILES string of the molecule is O=C1CN(c2c(O)cc3c(c2F)CC(CCCC2CCC2)CC3)S(=O)(=O)N1. The summed E-state index contributed by atoms with van der Waals surface area (Å²) in [5.41, 5.74) is 0.805. The van der Waals surface area contributed by atoms with Gasteiger partial charge in [-0.05, 0) is 48.3 Å². The van der Waals surface area contributed by atoms with E-state index in [-0.39, 0.29) is 0 Å². The number of hydrogen-bond donors (Lipinski definition) is 2. The third kappa shape index (κ3) is 3.51. The van der Waals surface area contributed by atoms with E-state index in [9.17, 15) is 18.3 Å². The molecule has 1 saturated carbocycles. The zero-order valence-electron chi connectivity index (χ0n) is 15.2. The van der Waals surface area contributed by atoms with Crippen LogP contribution in [0.4, 0.5) is 10.1 Å². The van der Waals surface area contributed by atoms with E-state index in [1.54, 1.807) is 0 Å². The largest absolute Gasteiger partial charge is 0.506 e. The van der Waals surface area contributed by atoms with Gasteiger partial charge in [-0.3, -0.25) is 4.79 Å². The van der Waals surface area contributed by atoms with Crippen molar-refractivity contribution in [1.82, 2.24) is 4.72 Å². The number of anilines is 1. The molecule has 1 aromatic carbocycles. The highest BCUT2D eigenvalue weighted by Crippen LogP contribution is 2.41. The molecule has 0 bridgehead atoms. The molecule has 4 rings (SSSR count). The van der Waals surface area contributed by atoms with Gasteiger partial charge in [-0.2, -0.15) is 8.42 Å². The van der Waals surface area contributed by atoms with Crippen molar-refractivity contribution < 1.29 is 22.7 Å². The number of nitrogens with zero attached hydrogens (tertiary/aromatic N) is 1. The van der Waals surface area contributed by atoms with Crippen LogP contribution in [0.1, 0.15) is 56.1 Å². The summed E-state index contributed by atoms with van der Waals surface area (Å²) in [4.78, 5) is 11.5. The Morgan fingerprint density at radius 1 is 1.22 bits per heavy atom. The topological polar surface area (TPSA) is 86.7 Å². The van der Waals surface area contributed by atoms with Crippen molar-refractivity contribution in [3.05, 3.63) is 23.0 Å². The molecule has 2 aliphatic carbocycles. The molecular weight excluding hydrogens is 371 g/mol. The number of carbonyl (C=O) groups is 1. The second kappa shape index (κ2) is 6.96. The van der Waals surface area contributed by atoms with Gasteiger partial charge in [0.05, 0.1) is 0 Å². The van der Waals surface area contributed by atoms with Gasteiger partial charge in [0.25, 0.3) is 5.91 Å². The molecule has 2 fully saturated rings. The fraction of sp³-hybridized carbons (Fsp3) is 0.632. The van der Waals surface area contributed by atoms with Crippen molar-refractivity contribution in [1.29, 1.82) is 0 Å². The van der Waals surface area contributed by atoms with E-state index in [0.29, 0.717) is 28.6 Å². The Bertz CT molecular complexity index is 867. The number of amides is 1. The van der Waals surface area contributed by atoms with Crippen molar-refractivity contribution in [3.8, 4) is 5.75 Å². The van der Waals surface area contributed by atoms with Gasteiger partial charge in [0, 0.05) is 0 Å². The first kappa shape index (κ1) is 18.5. The summed E-state index contributed by atoms with van der Waals surface area (Å²) in [5, 5.41) is 10.2. The van der Waals surface area contributed by atoms with Gasteiger partial charge in [-0.25, -0.2) is 13.4 Å². The van der Waals surface area contributed by atoms with Crippen molar-refractivity contribution in [2.45, 2.75) is 57.8 Å². The first-order chi connectivity index (χ1) is 12.8. The van der Waals surface area contributed by atoms with Crippen LogP contribution in [0.15, 0.2) is 6.07 Å². The molecule has 1 aliphatic heterocycles. The molecule has 0 spiro atoms. The van der Waals surface area contributed by atoms with Crippen LogP contribution in [-0.2, 0) is 27.8 Å². The fourth-order valence-corrected chi connectivity index (χ4v) is 5.68. The van der Waals surface area contributed by atoms with Crippen LogP contribution >= 0.6 is 0 Å². The van der Waals surface area contributed by atoms with Gasteiger partial charge < -0.3 is 5.11 Å². The maximum atomic E-state index is 15.2. The smallest absolute Gasteiger partial charge is 0.326 e. The molecule has 1 aromatic rings. The molecule has 3 aliphatic rings. The molecule has 6 nitrogen and oxygen atoms in total. The van der Waals surface area contributed by atoms with E-state index in [1.807, 2.05) is 4.72 Å². The number of phenolic OH excluding ortho intramolecular Hbond substituents is 1. The minimum Gasteiger partial charge on any atom is -0.506 e. The first-order valence-corrected chi connectivity index (χ1v) is 11.2. The van der Waals surface area contributed by atoms with Crippen molar-refractivity contribution >= 4 is 21.8 Å². The third-order valence-corrected chi connectivity index (χ3v) is 7.63. The van der Waals surface area contributed by atoms with Crippen LogP contribution in [0.5, 0.6) is 5.75 Å². The Labute approximate surface area is 158 Å². The molecular formula is C19H25FN2O4S. The minimum absolute atomic E-state index is 0.374. The lowest BCUT2D eigenvalue weighted by Gasteiger charge is -2.29. The molecule has 148 valence electrons. The van der Waals surface area contributed by atoms with Crippen LogP contribution in [0, 0.1) is 17.7 Å². The number of nitrogens with one attached hydrogen (secondary N) is 1. The highest BCUT2D eigenvalue weighted by Gasteiger charge is 2.39. The summed E-state index contributed by atoms with van der Waals surface area (Å²) in [7, 11) is -4.16. The van der Waals surface area contributed by atoms with E-state index in [2.05, 4.69) is 0 Å². The molecule has 0 radical (unpaired) electrons. The Hall–Kier alpha value is -1.83. The Morgan fingerprint density at radius 3 is 2.59 bits per heavy atom. The first-order valence-electron chi connectivity index (χ1n) is 9.71. The van der Waals surface area contributed by atoms with Crippen molar-refractivity contribution in [3.63, 3.8) is 0 Å². The average Bonchev–Trinajstić information content (AvgIpc) is 2.82. The molecule has 1 heterocycles. The fourth-order valence-electron chi connectivity index (χ4n) is 4.52. The molecule has 1 atom stereocenters. The van der Waals surface area contributed by atoms with Gasteiger partial charge in [-0.1, -0.05) is 38.5 Å². The van der Waals surface area contributed by atoms with Gasteiger partial charge in [-0.15, -0.1) is 0 Å². The number of aryl methyl sites for hydroxylation is 1. The van der Waals surface area contributed by atoms with Crippen LogP contribution in [-0.4, -0.2) is 26.0 Å². The maximum Gasteiger partial charge on any atom is 0.326 e. The second-order valence-electron chi connectivity index (χ2n) is 8.07. The van der Waals surface area contributed by atoms with Crippen LogP contribution in [0.3, 0.4) is 0 Å². The highest BCUT2D eigenvalue weighted by molar-refractivity contribution is 7.92. The van der Waals surface area contributed by atoms with E-state index in [4.69, 9.17) is 0 Å². The van der Waals surface area contributed by atoms with E-state index < -0.39 is 39.9 Å². The number of benzene rings is 1. The number of rotatable bonds is 5. The van der Waals surface area contributed by atoms with Crippen LogP contribution < -0.4 is 9.03 Å². The number of aromatic hydroxyl groups is 1. The van der Waals surface area contributed by atoms with E-state index in [0.717, 1.165) is 30.7 Å². The second-order valence-corrected chi connectivity index (χ2v) is 9.66. The standard InChI is InChI=1S/C19H25FN2O4S/c20-18-15-9-13(6-2-5-12-3-1-4-12)7-8-14(15)10-16(23)19(18)22-11-17(24)21-27(22,25)26/h10,12-13,23H,1-9,11H2,(H,21,24). The lowest BCUT2D eigenvalue weighted by atomic mass is 9.78. The quantitative estimate of drug-likeness (QED) is 0.801. The number of halogens is 1. The lowest BCUT2D eigenvalue weighted by Crippen LogP contribution is -2.31.